The highest BCUT2D eigenvalue weighted by Gasteiger charge is 2.41. The molecule has 0 radical (unpaired) electrons. The van der Waals surface area contributed by atoms with E-state index in [1.165, 1.54) is 25.7 Å². The molecule has 7 heteroatoms. The molecule has 3 aliphatic rings. The van der Waals surface area contributed by atoms with Gasteiger partial charge in [0.05, 0.1) is 12.6 Å². The predicted octanol–water partition coefficient (Wildman–Crippen LogP) is 2.41. The van der Waals surface area contributed by atoms with E-state index in [0.29, 0.717) is 43.6 Å². The van der Waals surface area contributed by atoms with E-state index in [-0.39, 0.29) is 17.9 Å². The van der Waals surface area contributed by atoms with Crippen molar-refractivity contribution < 1.29 is 14.1 Å². The lowest BCUT2D eigenvalue weighted by Crippen LogP contribution is -2.41. The van der Waals surface area contributed by atoms with Crippen molar-refractivity contribution in [3.63, 3.8) is 0 Å². The van der Waals surface area contributed by atoms with Gasteiger partial charge < -0.3 is 14.3 Å². The lowest BCUT2D eigenvalue weighted by atomic mass is 9.86. The minimum absolute atomic E-state index is 0.00903. The van der Waals surface area contributed by atoms with Gasteiger partial charge in [-0.3, -0.25) is 9.59 Å². The van der Waals surface area contributed by atoms with Crippen molar-refractivity contribution in [1.82, 2.24) is 19.9 Å². The molecule has 27 heavy (non-hydrogen) atoms. The largest absolute Gasteiger partial charge is 0.341 e. The fourth-order valence-electron chi connectivity index (χ4n) is 5.35. The number of likely N-dealkylation sites (tertiary alicyclic amines) is 1. The molecule has 4 atom stereocenters. The number of aryl methyl sites for hydroxylation is 1. The van der Waals surface area contributed by atoms with Gasteiger partial charge in [0.25, 0.3) is 0 Å². The summed E-state index contributed by atoms with van der Waals surface area (Å²) in [6, 6.07) is 0.0371. The molecule has 0 spiro atoms. The van der Waals surface area contributed by atoms with Crippen molar-refractivity contribution in [2.75, 3.05) is 13.1 Å². The minimum Gasteiger partial charge on any atom is -0.341 e. The average Bonchev–Trinajstić information content (AvgIpc) is 3.42. The zero-order valence-corrected chi connectivity index (χ0v) is 16.4. The third-order valence-corrected chi connectivity index (χ3v) is 6.81. The Hall–Kier alpha value is -1.92. The molecule has 1 saturated heterocycles. The molecule has 2 amide bonds. The summed E-state index contributed by atoms with van der Waals surface area (Å²) in [7, 11) is 0. The average molecular weight is 374 g/mol. The number of carbonyl (C=O) groups excluding carboxylic acids is 2. The molecule has 148 valence electrons. The Kier molecular flexibility index (Phi) is 5.19. The van der Waals surface area contributed by atoms with Crippen LogP contribution in [0.4, 0.5) is 0 Å². The molecule has 1 aliphatic heterocycles. The van der Waals surface area contributed by atoms with Gasteiger partial charge in [-0.1, -0.05) is 18.5 Å². The van der Waals surface area contributed by atoms with Crippen LogP contribution < -0.4 is 0 Å². The van der Waals surface area contributed by atoms with Gasteiger partial charge in [-0.2, -0.15) is 4.98 Å². The summed E-state index contributed by atoms with van der Waals surface area (Å²) >= 11 is 0. The zero-order chi connectivity index (χ0) is 19.0. The van der Waals surface area contributed by atoms with Gasteiger partial charge in [-0.05, 0) is 43.4 Å². The van der Waals surface area contributed by atoms with Crippen LogP contribution in [0.2, 0.25) is 0 Å². The highest BCUT2D eigenvalue weighted by Crippen LogP contribution is 2.49. The minimum atomic E-state index is -0.00903. The molecule has 4 rings (SSSR count). The Bertz CT molecular complexity index is 703. The number of nitrogens with zero attached hydrogens (tertiary/aromatic N) is 4. The van der Waals surface area contributed by atoms with Crippen LogP contribution in [0.5, 0.6) is 0 Å². The van der Waals surface area contributed by atoms with Crippen molar-refractivity contribution in [2.24, 2.45) is 17.8 Å². The summed E-state index contributed by atoms with van der Waals surface area (Å²) in [5.74, 6) is 3.62. The van der Waals surface area contributed by atoms with Crippen LogP contribution >= 0.6 is 0 Å². The Morgan fingerprint density at radius 2 is 2.11 bits per heavy atom. The van der Waals surface area contributed by atoms with Crippen LogP contribution in [0.3, 0.4) is 0 Å². The first kappa shape index (κ1) is 18.4. The summed E-state index contributed by atoms with van der Waals surface area (Å²) in [6.45, 7) is 5.23. The number of carbonyl (C=O) groups is 2. The SMILES string of the molecule is CCc1nc(CN(C(C)=O)[C@H]2CCN(C(=O)C[C@@H]3C[C@H]4CC[C@H]3C4)C2)no1. The molecule has 1 aromatic rings. The molecule has 3 fully saturated rings. The number of amides is 2. The predicted molar refractivity (Wildman–Crippen MR) is 98.4 cm³/mol. The maximum Gasteiger partial charge on any atom is 0.226 e. The number of hydrogen-bond acceptors (Lipinski definition) is 5. The van der Waals surface area contributed by atoms with Gasteiger partial charge in [0.1, 0.15) is 0 Å². The van der Waals surface area contributed by atoms with Crippen LogP contribution in [0.15, 0.2) is 4.52 Å². The second-order valence-electron chi connectivity index (χ2n) is 8.53. The van der Waals surface area contributed by atoms with Crippen molar-refractivity contribution in [3.8, 4) is 0 Å². The molecule has 2 saturated carbocycles. The molecule has 2 aliphatic carbocycles. The molecular formula is C20H30N4O3. The van der Waals surface area contributed by atoms with Gasteiger partial charge in [0.15, 0.2) is 5.82 Å². The molecular weight excluding hydrogens is 344 g/mol. The molecule has 1 aromatic heterocycles. The number of aromatic nitrogens is 2. The summed E-state index contributed by atoms with van der Waals surface area (Å²) in [5.41, 5.74) is 0. The topological polar surface area (TPSA) is 79.5 Å². The van der Waals surface area contributed by atoms with Gasteiger partial charge in [-0.15, -0.1) is 0 Å². The van der Waals surface area contributed by atoms with Crippen molar-refractivity contribution >= 4 is 11.8 Å². The lowest BCUT2D eigenvalue weighted by Gasteiger charge is -2.28. The van der Waals surface area contributed by atoms with Crippen molar-refractivity contribution in [1.29, 1.82) is 0 Å². The van der Waals surface area contributed by atoms with Crippen LogP contribution in [0.25, 0.3) is 0 Å². The highest BCUT2D eigenvalue weighted by molar-refractivity contribution is 5.77. The molecule has 0 aromatic carbocycles. The summed E-state index contributed by atoms with van der Waals surface area (Å²) in [6.07, 6.45) is 7.45. The maximum absolute atomic E-state index is 12.8. The standard InChI is InChI=1S/C20H30N4O3/c1-3-19-21-18(22-27-19)12-24(13(2)25)17-6-7-23(11-17)20(26)10-16-9-14-4-5-15(16)8-14/h14-17H,3-12H2,1-2H3/t14-,15-,16-,17-/m0/s1. The first-order valence-corrected chi connectivity index (χ1v) is 10.4. The van der Waals surface area contributed by atoms with E-state index in [1.807, 2.05) is 11.8 Å². The van der Waals surface area contributed by atoms with Crippen molar-refractivity contribution in [3.05, 3.63) is 11.7 Å². The number of hydrogen-bond donors (Lipinski definition) is 0. The third-order valence-electron chi connectivity index (χ3n) is 6.81. The number of fused-ring (bicyclic) bond motifs is 2. The first-order valence-electron chi connectivity index (χ1n) is 10.4. The molecule has 7 nitrogen and oxygen atoms in total. The molecule has 0 unspecified atom stereocenters. The van der Waals surface area contributed by atoms with E-state index in [0.717, 1.165) is 24.8 Å². The summed E-state index contributed by atoms with van der Waals surface area (Å²) in [4.78, 5) is 33.0. The van der Waals surface area contributed by atoms with E-state index in [2.05, 4.69) is 10.1 Å². The van der Waals surface area contributed by atoms with Crippen molar-refractivity contribution in [2.45, 2.75) is 71.4 Å². The van der Waals surface area contributed by atoms with Gasteiger partial charge in [-0.25, -0.2) is 0 Å². The lowest BCUT2D eigenvalue weighted by molar-refractivity contribution is -0.134. The van der Waals surface area contributed by atoms with Gasteiger partial charge in [0, 0.05) is 32.9 Å². The summed E-state index contributed by atoms with van der Waals surface area (Å²) in [5, 5.41) is 3.96. The van der Waals surface area contributed by atoms with E-state index in [4.69, 9.17) is 4.52 Å². The smallest absolute Gasteiger partial charge is 0.226 e. The molecule has 0 N–H and O–H groups in total. The highest BCUT2D eigenvalue weighted by atomic mass is 16.5. The maximum atomic E-state index is 12.8. The summed E-state index contributed by atoms with van der Waals surface area (Å²) < 4.78 is 5.15. The quantitative estimate of drug-likeness (QED) is 0.764. The Balaban J connectivity index is 1.33. The van der Waals surface area contributed by atoms with Crippen LogP contribution in [-0.4, -0.2) is 50.9 Å². The van der Waals surface area contributed by atoms with Crippen LogP contribution in [0.1, 0.15) is 64.1 Å². The zero-order valence-electron chi connectivity index (χ0n) is 16.4. The van der Waals surface area contributed by atoms with Crippen LogP contribution in [-0.2, 0) is 22.6 Å². The first-order chi connectivity index (χ1) is 13.0. The van der Waals surface area contributed by atoms with E-state index in [9.17, 15) is 9.59 Å². The number of rotatable bonds is 6. The monoisotopic (exact) mass is 374 g/mol. The van der Waals surface area contributed by atoms with E-state index >= 15 is 0 Å². The van der Waals surface area contributed by atoms with Gasteiger partial charge in [0.2, 0.25) is 17.7 Å². The molecule has 2 bridgehead atoms. The third kappa shape index (κ3) is 3.87. The van der Waals surface area contributed by atoms with Crippen LogP contribution in [0, 0.1) is 17.8 Å². The second kappa shape index (κ2) is 7.60. The van der Waals surface area contributed by atoms with E-state index in [1.54, 1.807) is 11.8 Å². The van der Waals surface area contributed by atoms with Gasteiger partial charge >= 0.3 is 0 Å². The Morgan fingerprint density at radius 1 is 1.26 bits per heavy atom. The normalized spacial score (nSPS) is 29.5. The molecule has 2 heterocycles. The Labute approximate surface area is 160 Å². The second-order valence-corrected chi connectivity index (χ2v) is 8.53. The fraction of sp³-hybridized carbons (Fsp3) is 0.800. The van der Waals surface area contributed by atoms with E-state index < -0.39 is 0 Å². The fourth-order valence-corrected chi connectivity index (χ4v) is 5.35. The Morgan fingerprint density at radius 3 is 2.74 bits per heavy atom.